The summed E-state index contributed by atoms with van der Waals surface area (Å²) in [7, 11) is 1.99. The number of aryl methyl sites for hydroxylation is 2. The first-order chi connectivity index (χ1) is 8.21. The van der Waals surface area contributed by atoms with Gasteiger partial charge in [-0.1, -0.05) is 18.6 Å². The van der Waals surface area contributed by atoms with Crippen LogP contribution < -0.4 is 5.32 Å². The molecule has 3 heteroatoms. The minimum atomic E-state index is 0.957. The van der Waals surface area contributed by atoms with Crippen LogP contribution in [0.1, 0.15) is 38.6 Å². The third-order valence-electron chi connectivity index (χ3n) is 2.92. The Balaban J connectivity index is 2.66. The fourth-order valence-electron chi connectivity index (χ4n) is 1.92. The second-order valence-corrected chi connectivity index (χ2v) is 4.42. The molecule has 96 valence electrons. The van der Waals surface area contributed by atoms with Crippen molar-refractivity contribution < 1.29 is 0 Å². The zero-order chi connectivity index (χ0) is 12.7. The molecule has 1 rings (SSSR count). The van der Waals surface area contributed by atoms with Gasteiger partial charge in [-0.15, -0.1) is 0 Å². The lowest BCUT2D eigenvalue weighted by molar-refractivity contribution is 0.620. The van der Waals surface area contributed by atoms with Crippen molar-refractivity contribution in [1.82, 2.24) is 15.1 Å². The molecule has 1 aromatic rings. The summed E-state index contributed by atoms with van der Waals surface area (Å²) in [6.45, 7) is 8.51. The smallest absolute Gasteiger partial charge is 0.0624 e. The molecule has 1 aromatic heterocycles. The summed E-state index contributed by atoms with van der Waals surface area (Å²) in [5.41, 5.74) is 3.96. The molecule has 0 fully saturated rings. The summed E-state index contributed by atoms with van der Waals surface area (Å²) in [6.07, 6.45) is 5.45. The van der Waals surface area contributed by atoms with Crippen molar-refractivity contribution in [3.63, 3.8) is 0 Å². The molecule has 0 aromatic carbocycles. The van der Waals surface area contributed by atoms with Crippen LogP contribution in [0.5, 0.6) is 0 Å². The standard InChI is InChI=1S/C14H25N3/c1-5-13-11-14(17(6-2)16-13)10-12(3)8-7-9-15-4/h8,11,15H,5-7,9-10H2,1-4H3. The van der Waals surface area contributed by atoms with Crippen molar-refractivity contribution in [1.29, 1.82) is 0 Å². The van der Waals surface area contributed by atoms with E-state index in [1.807, 2.05) is 7.05 Å². The third-order valence-corrected chi connectivity index (χ3v) is 2.92. The lowest BCUT2D eigenvalue weighted by atomic mass is 10.1. The van der Waals surface area contributed by atoms with E-state index >= 15 is 0 Å². The number of nitrogens with one attached hydrogen (secondary N) is 1. The molecule has 1 N–H and O–H groups in total. The summed E-state index contributed by atoms with van der Waals surface area (Å²) < 4.78 is 2.12. The van der Waals surface area contributed by atoms with E-state index in [0.717, 1.165) is 32.4 Å². The number of hydrogen-bond acceptors (Lipinski definition) is 2. The molecule has 0 bridgehead atoms. The number of hydrogen-bond donors (Lipinski definition) is 1. The average Bonchev–Trinajstić information content (AvgIpc) is 2.71. The normalized spacial score (nSPS) is 12.1. The van der Waals surface area contributed by atoms with Crippen LogP contribution in [-0.4, -0.2) is 23.4 Å². The van der Waals surface area contributed by atoms with Crippen molar-refractivity contribution in [2.45, 2.75) is 46.6 Å². The Bertz CT molecular complexity index is 364. The number of nitrogens with zero attached hydrogens (tertiary/aromatic N) is 2. The second kappa shape index (κ2) is 7.28. The van der Waals surface area contributed by atoms with E-state index in [4.69, 9.17) is 0 Å². The van der Waals surface area contributed by atoms with Crippen molar-refractivity contribution in [2.75, 3.05) is 13.6 Å². The summed E-state index contributed by atoms with van der Waals surface area (Å²) >= 11 is 0. The number of rotatable bonds is 7. The Morgan fingerprint density at radius 2 is 2.24 bits per heavy atom. The van der Waals surface area contributed by atoms with Gasteiger partial charge in [0, 0.05) is 18.7 Å². The van der Waals surface area contributed by atoms with Crippen LogP contribution in [0, 0.1) is 0 Å². The minimum absolute atomic E-state index is 0.957. The maximum absolute atomic E-state index is 4.57. The predicted octanol–water partition coefficient (Wildman–Crippen LogP) is 2.56. The highest BCUT2D eigenvalue weighted by molar-refractivity contribution is 5.17. The highest BCUT2D eigenvalue weighted by Crippen LogP contribution is 2.11. The highest BCUT2D eigenvalue weighted by Gasteiger charge is 2.05. The Morgan fingerprint density at radius 3 is 2.82 bits per heavy atom. The van der Waals surface area contributed by atoms with Gasteiger partial charge in [-0.05, 0) is 46.3 Å². The molecule has 0 atom stereocenters. The van der Waals surface area contributed by atoms with Gasteiger partial charge in [-0.3, -0.25) is 4.68 Å². The van der Waals surface area contributed by atoms with Gasteiger partial charge in [0.2, 0.25) is 0 Å². The second-order valence-electron chi connectivity index (χ2n) is 4.42. The van der Waals surface area contributed by atoms with E-state index < -0.39 is 0 Å². The van der Waals surface area contributed by atoms with Gasteiger partial charge in [-0.2, -0.15) is 5.10 Å². The lowest BCUT2D eigenvalue weighted by Crippen LogP contribution is -2.07. The van der Waals surface area contributed by atoms with E-state index in [2.05, 4.69) is 48.0 Å². The van der Waals surface area contributed by atoms with E-state index in [0.29, 0.717) is 0 Å². The summed E-state index contributed by atoms with van der Waals surface area (Å²) in [5, 5.41) is 7.73. The SMILES string of the molecule is CCc1cc(CC(C)=CCCNC)n(CC)n1. The quantitative estimate of drug-likeness (QED) is 0.581. The van der Waals surface area contributed by atoms with Gasteiger partial charge in [0.15, 0.2) is 0 Å². The molecule has 1 heterocycles. The van der Waals surface area contributed by atoms with Gasteiger partial charge in [-0.25, -0.2) is 0 Å². The Labute approximate surface area is 105 Å². The minimum Gasteiger partial charge on any atom is -0.319 e. The molecule has 0 unspecified atom stereocenters. The van der Waals surface area contributed by atoms with Crippen LogP contribution >= 0.6 is 0 Å². The van der Waals surface area contributed by atoms with E-state index in [9.17, 15) is 0 Å². The fraction of sp³-hybridized carbons (Fsp3) is 0.643. The predicted molar refractivity (Wildman–Crippen MR) is 73.3 cm³/mol. The first kappa shape index (κ1) is 14.0. The molecule has 0 aliphatic rings. The zero-order valence-electron chi connectivity index (χ0n) is 11.6. The highest BCUT2D eigenvalue weighted by atomic mass is 15.3. The molecule has 3 nitrogen and oxygen atoms in total. The van der Waals surface area contributed by atoms with Crippen molar-refractivity contribution in [2.24, 2.45) is 0 Å². The van der Waals surface area contributed by atoms with Crippen molar-refractivity contribution >= 4 is 0 Å². The molecule has 17 heavy (non-hydrogen) atoms. The molecule has 0 spiro atoms. The molecular weight excluding hydrogens is 210 g/mol. The fourth-order valence-corrected chi connectivity index (χ4v) is 1.92. The third kappa shape index (κ3) is 4.35. The van der Waals surface area contributed by atoms with E-state index in [1.54, 1.807) is 0 Å². The van der Waals surface area contributed by atoms with Crippen LogP contribution in [-0.2, 0) is 19.4 Å². The Morgan fingerprint density at radius 1 is 1.47 bits per heavy atom. The van der Waals surface area contributed by atoms with Crippen LogP contribution in [0.25, 0.3) is 0 Å². The molecule has 0 aliphatic heterocycles. The van der Waals surface area contributed by atoms with Crippen molar-refractivity contribution in [3.8, 4) is 0 Å². The van der Waals surface area contributed by atoms with Crippen LogP contribution in [0.3, 0.4) is 0 Å². The molecular formula is C14H25N3. The van der Waals surface area contributed by atoms with Crippen LogP contribution in [0.2, 0.25) is 0 Å². The van der Waals surface area contributed by atoms with Crippen LogP contribution in [0.15, 0.2) is 17.7 Å². The number of aromatic nitrogens is 2. The van der Waals surface area contributed by atoms with Gasteiger partial charge < -0.3 is 5.32 Å². The monoisotopic (exact) mass is 235 g/mol. The Hall–Kier alpha value is -1.09. The van der Waals surface area contributed by atoms with Crippen molar-refractivity contribution in [3.05, 3.63) is 29.1 Å². The average molecular weight is 235 g/mol. The largest absolute Gasteiger partial charge is 0.319 e. The molecule has 0 aliphatic carbocycles. The van der Waals surface area contributed by atoms with Crippen LogP contribution in [0.4, 0.5) is 0 Å². The summed E-state index contributed by atoms with van der Waals surface area (Å²) in [5.74, 6) is 0. The maximum atomic E-state index is 4.57. The first-order valence-electron chi connectivity index (χ1n) is 6.57. The Kier molecular flexibility index (Phi) is 5.98. The summed E-state index contributed by atoms with van der Waals surface area (Å²) in [4.78, 5) is 0. The van der Waals surface area contributed by atoms with Gasteiger partial charge in [0.05, 0.1) is 5.69 Å². The van der Waals surface area contributed by atoms with E-state index in [-0.39, 0.29) is 0 Å². The van der Waals surface area contributed by atoms with Gasteiger partial charge in [0.1, 0.15) is 0 Å². The zero-order valence-corrected chi connectivity index (χ0v) is 11.6. The molecule has 0 saturated carbocycles. The molecule has 0 radical (unpaired) electrons. The van der Waals surface area contributed by atoms with E-state index in [1.165, 1.54) is 17.0 Å². The maximum Gasteiger partial charge on any atom is 0.0624 e. The van der Waals surface area contributed by atoms with Gasteiger partial charge >= 0.3 is 0 Å². The topological polar surface area (TPSA) is 29.9 Å². The summed E-state index contributed by atoms with van der Waals surface area (Å²) in [6, 6.07) is 2.24. The number of allylic oxidation sites excluding steroid dienone is 1. The molecule has 0 saturated heterocycles. The lowest BCUT2D eigenvalue weighted by Gasteiger charge is -2.05. The first-order valence-corrected chi connectivity index (χ1v) is 6.57. The van der Waals surface area contributed by atoms with Gasteiger partial charge in [0.25, 0.3) is 0 Å². The molecule has 0 amide bonds.